The number of benzene rings is 1. The predicted molar refractivity (Wildman–Crippen MR) is 77.4 cm³/mol. The summed E-state index contributed by atoms with van der Waals surface area (Å²) in [5.74, 6) is 0.193. The summed E-state index contributed by atoms with van der Waals surface area (Å²) in [6.07, 6.45) is 1.55. The van der Waals surface area contributed by atoms with E-state index < -0.39 is 0 Å². The molecule has 0 amide bonds. The fraction of sp³-hybridized carbons (Fsp3) is 0.0833. The second-order valence-corrected chi connectivity index (χ2v) is 5.24. The fourth-order valence-corrected chi connectivity index (χ4v) is 2.14. The number of anilines is 1. The SMILES string of the molecule is Oc1ccc(Cl)cc1CNc1cc(Cl)cnc1Br. The van der Waals surface area contributed by atoms with Crippen molar-refractivity contribution < 1.29 is 5.11 Å². The highest BCUT2D eigenvalue weighted by molar-refractivity contribution is 9.10. The molecule has 0 atom stereocenters. The minimum absolute atomic E-state index is 0.193. The number of halogens is 3. The van der Waals surface area contributed by atoms with Gasteiger partial charge in [0.2, 0.25) is 0 Å². The topological polar surface area (TPSA) is 45.1 Å². The van der Waals surface area contributed by atoms with Gasteiger partial charge in [0.25, 0.3) is 0 Å². The lowest BCUT2D eigenvalue weighted by Crippen LogP contribution is -2.01. The number of aromatic hydroxyl groups is 1. The Morgan fingerprint density at radius 2 is 2.00 bits per heavy atom. The van der Waals surface area contributed by atoms with E-state index in [4.69, 9.17) is 23.2 Å². The lowest BCUT2D eigenvalue weighted by Gasteiger charge is -2.10. The third-order valence-electron chi connectivity index (χ3n) is 2.32. The van der Waals surface area contributed by atoms with Gasteiger partial charge in [-0.05, 0) is 40.2 Å². The maximum atomic E-state index is 9.68. The third kappa shape index (κ3) is 3.28. The van der Waals surface area contributed by atoms with Crippen LogP contribution in [0.1, 0.15) is 5.56 Å². The molecule has 0 spiro atoms. The maximum absolute atomic E-state index is 9.68. The van der Waals surface area contributed by atoms with E-state index in [1.165, 1.54) is 0 Å². The van der Waals surface area contributed by atoms with Gasteiger partial charge in [0.1, 0.15) is 10.4 Å². The molecule has 0 saturated carbocycles. The summed E-state index contributed by atoms with van der Waals surface area (Å²) in [6.45, 7) is 0.424. The van der Waals surface area contributed by atoms with Crippen LogP contribution in [0.15, 0.2) is 35.1 Å². The van der Waals surface area contributed by atoms with Gasteiger partial charge in [-0.1, -0.05) is 23.2 Å². The molecule has 0 aliphatic heterocycles. The van der Waals surface area contributed by atoms with Gasteiger partial charge in [-0.15, -0.1) is 0 Å². The molecule has 1 aromatic heterocycles. The quantitative estimate of drug-likeness (QED) is 0.805. The largest absolute Gasteiger partial charge is 0.508 e. The summed E-state index contributed by atoms with van der Waals surface area (Å²) in [4.78, 5) is 4.06. The average molecular weight is 348 g/mol. The first-order valence-corrected chi connectivity index (χ1v) is 6.63. The molecule has 6 heteroatoms. The highest BCUT2D eigenvalue weighted by Gasteiger charge is 2.05. The zero-order valence-electron chi connectivity index (χ0n) is 9.12. The number of aromatic nitrogens is 1. The molecule has 1 aromatic carbocycles. The van der Waals surface area contributed by atoms with Crippen molar-refractivity contribution in [3.63, 3.8) is 0 Å². The van der Waals surface area contributed by atoms with Gasteiger partial charge in [-0.3, -0.25) is 0 Å². The first-order chi connectivity index (χ1) is 8.56. The van der Waals surface area contributed by atoms with Crippen molar-refractivity contribution in [1.29, 1.82) is 0 Å². The smallest absolute Gasteiger partial charge is 0.129 e. The Morgan fingerprint density at radius 1 is 1.22 bits per heavy atom. The fourth-order valence-electron chi connectivity index (χ4n) is 1.43. The van der Waals surface area contributed by atoms with E-state index in [0.29, 0.717) is 26.8 Å². The van der Waals surface area contributed by atoms with E-state index in [1.54, 1.807) is 30.5 Å². The van der Waals surface area contributed by atoms with Crippen LogP contribution in [-0.4, -0.2) is 10.1 Å². The monoisotopic (exact) mass is 346 g/mol. The summed E-state index contributed by atoms with van der Waals surface area (Å²) >= 11 is 15.1. The molecule has 2 N–H and O–H groups in total. The van der Waals surface area contributed by atoms with Crippen molar-refractivity contribution >= 4 is 44.8 Å². The number of pyridine rings is 1. The predicted octanol–water partition coefficient (Wildman–Crippen LogP) is 4.47. The van der Waals surface area contributed by atoms with Crippen molar-refractivity contribution in [2.24, 2.45) is 0 Å². The van der Waals surface area contributed by atoms with Crippen LogP contribution >= 0.6 is 39.1 Å². The van der Waals surface area contributed by atoms with Crippen LogP contribution in [0, 0.1) is 0 Å². The van der Waals surface area contributed by atoms with Crippen LogP contribution in [0.25, 0.3) is 0 Å². The molecular formula is C12H9BrCl2N2O. The second kappa shape index (κ2) is 5.78. The third-order valence-corrected chi connectivity index (χ3v) is 3.39. The Labute approximate surface area is 123 Å². The Kier molecular flexibility index (Phi) is 4.32. The molecule has 2 rings (SSSR count). The second-order valence-electron chi connectivity index (χ2n) is 3.62. The molecule has 94 valence electrons. The van der Waals surface area contributed by atoms with Gasteiger partial charge in [-0.2, -0.15) is 0 Å². The molecule has 0 aliphatic carbocycles. The molecule has 0 radical (unpaired) electrons. The number of phenols is 1. The minimum atomic E-state index is 0.193. The maximum Gasteiger partial charge on any atom is 0.129 e. The first kappa shape index (κ1) is 13.5. The van der Waals surface area contributed by atoms with Crippen LogP contribution in [0.3, 0.4) is 0 Å². The van der Waals surface area contributed by atoms with Gasteiger partial charge >= 0.3 is 0 Å². The van der Waals surface area contributed by atoms with Crippen LogP contribution in [-0.2, 0) is 6.54 Å². The zero-order valence-corrected chi connectivity index (χ0v) is 12.2. The number of hydrogen-bond donors (Lipinski definition) is 2. The average Bonchev–Trinajstić information content (AvgIpc) is 2.34. The Bertz CT molecular complexity index is 526. The van der Waals surface area contributed by atoms with Gasteiger partial charge < -0.3 is 10.4 Å². The summed E-state index contributed by atoms with van der Waals surface area (Å²) in [5, 5.41) is 13.9. The van der Waals surface area contributed by atoms with Crippen LogP contribution in [0.4, 0.5) is 5.69 Å². The zero-order chi connectivity index (χ0) is 13.1. The number of nitrogens with one attached hydrogen (secondary N) is 1. The molecular weight excluding hydrogens is 339 g/mol. The standard InChI is InChI=1S/C12H9BrCl2N2O/c13-12-10(4-9(15)6-17-12)16-5-7-3-8(14)1-2-11(7)18/h1-4,6,16,18H,5H2. The molecule has 18 heavy (non-hydrogen) atoms. The number of phenolic OH excluding ortho intramolecular Hbond substituents is 1. The molecule has 0 unspecified atom stereocenters. The van der Waals surface area contributed by atoms with E-state index in [2.05, 4.69) is 26.2 Å². The molecule has 1 heterocycles. The Morgan fingerprint density at radius 3 is 2.78 bits per heavy atom. The Balaban J connectivity index is 2.16. The van der Waals surface area contributed by atoms with Crippen LogP contribution in [0.5, 0.6) is 5.75 Å². The van der Waals surface area contributed by atoms with Gasteiger partial charge in [0.05, 0.1) is 10.7 Å². The van der Waals surface area contributed by atoms with E-state index in [9.17, 15) is 5.11 Å². The lowest BCUT2D eigenvalue weighted by atomic mass is 10.2. The van der Waals surface area contributed by atoms with Crippen molar-refractivity contribution in [3.05, 3.63) is 50.7 Å². The van der Waals surface area contributed by atoms with Crippen LogP contribution in [0.2, 0.25) is 10.0 Å². The normalized spacial score (nSPS) is 10.4. The highest BCUT2D eigenvalue weighted by Crippen LogP contribution is 2.26. The van der Waals surface area contributed by atoms with E-state index in [0.717, 1.165) is 5.69 Å². The van der Waals surface area contributed by atoms with Gasteiger partial charge in [0.15, 0.2) is 0 Å². The summed E-state index contributed by atoms with van der Waals surface area (Å²) in [5.41, 5.74) is 1.45. The van der Waals surface area contributed by atoms with Crippen molar-refractivity contribution in [1.82, 2.24) is 4.98 Å². The van der Waals surface area contributed by atoms with Crippen molar-refractivity contribution in [3.8, 4) is 5.75 Å². The molecule has 0 bridgehead atoms. The molecule has 0 fully saturated rings. The molecule has 0 saturated heterocycles. The van der Waals surface area contributed by atoms with E-state index in [-0.39, 0.29) is 5.75 Å². The molecule has 2 aromatic rings. The van der Waals surface area contributed by atoms with E-state index >= 15 is 0 Å². The number of nitrogens with zero attached hydrogens (tertiary/aromatic N) is 1. The molecule has 3 nitrogen and oxygen atoms in total. The summed E-state index contributed by atoms with van der Waals surface area (Å²) < 4.78 is 0.661. The van der Waals surface area contributed by atoms with Gasteiger partial charge in [-0.25, -0.2) is 4.98 Å². The van der Waals surface area contributed by atoms with Crippen molar-refractivity contribution in [2.75, 3.05) is 5.32 Å². The number of hydrogen-bond acceptors (Lipinski definition) is 3. The highest BCUT2D eigenvalue weighted by atomic mass is 79.9. The van der Waals surface area contributed by atoms with Crippen molar-refractivity contribution in [2.45, 2.75) is 6.54 Å². The van der Waals surface area contributed by atoms with Crippen LogP contribution < -0.4 is 5.32 Å². The molecule has 0 aliphatic rings. The van der Waals surface area contributed by atoms with Gasteiger partial charge in [0, 0.05) is 23.3 Å². The Hall–Kier alpha value is -0.970. The summed E-state index contributed by atoms with van der Waals surface area (Å²) in [7, 11) is 0. The number of rotatable bonds is 3. The van der Waals surface area contributed by atoms with E-state index in [1.807, 2.05) is 0 Å². The lowest BCUT2D eigenvalue weighted by molar-refractivity contribution is 0.469. The minimum Gasteiger partial charge on any atom is -0.508 e. The first-order valence-electron chi connectivity index (χ1n) is 5.08. The summed E-state index contributed by atoms with van der Waals surface area (Å²) in [6, 6.07) is 6.65.